The first-order chi connectivity index (χ1) is 7.49. The molecule has 0 saturated carbocycles. The number of hydrogen-bond acceptors (Lipinski definition) is 4. The molecule has 2 rings (SSSR count). The lowest BCUT2D eigenvalue weighted by Gasteiger charge is -2.03. The number of halogens is 3. The second-order valence-electron chi connectivity index (χ2n) is 2.96. The number of hydrogen-bond donors (Lipinski definition) is 2. The predicted molar refractivity (Wildman–Crippen MR) is 50.1 cm³/mol. The van der Waals surface area contributed by atoms with Crippen LogP contribution in [0.4, 0.5) is 25.1 Å². The molecule has 8 heteroatoms. The SMILES string of the molecule is Nc1nc(N)n(-c2cc(F)c(F)c(F)c2)n1. The topological polar surface area (TPSA) is 82.7 Å². The standard InChI is InChI=1S/C8H6F3N5/c9-4-1-3(2-5(10)6(4)11)16-8(13)14-7(12)15-16/h1-2H,(H4,12,13,14,15). The van der Waals surface area contributed by atoms with E-state index < -0.39 is 17.5 Å². The maximum absolute atomic E-state index is 12.9. The van der Waals surface area contributed by atoms with E-state index in [0.717, 1.165) is 16.8 Å². The van der Waals surface area contributed by atoms with Crippen LogP contribution in [0.25, 0.3) is 5.69 Å². The van der Waals surface area contributed by atoms with Crippen LogP contribution in [-0.2, 0) is 0 Å². The van der Waals surface area contributed by atoms with Gasteiger partial charge in [0, 0.05) is 12.1 Å². The van der Waals surface area contributed by atoms with E-state index in [1.807, 2.05) is 0 Å². The summed E-state index contributed by atoms with van der Waals surface area (Å²) in [4.78, 5) is 3.54. The molecule has 4 N–H and O–H groups in total. The largest absolute Gasteiger partial charge is 0.368 e. The summed E-state index contributed by atoms with van der Waals surface area (Å²) in [6.45, 7) is 0. The normalized spacial score (nSPS) is 10.7. The summed E-state index contributed by atoms with van der Waals surface area (Å²) in [6, 6.07) is 1.48. The van der Waals surface area contributed by atoms with Gasteiger partial charge >= 0.3 is 0 Å². The highest BCUT2D eigenvalue weighted by Crippen LogP contribution is 2.18. The summed E-state index contributed by atoms with van der Waals surface area (Å²) in [5.41, 5.74) is 10.5. The average molecular weight is 229 g/mol. The number of anilines is 2. The lowest BCUT2D eigenvalue weighted by Crippen LogP contribution is -2.05. The van der Waals surface area contributed by atoms with Crippen molar-refractivity contribution in [1.82, 2.24) is 14.8 Å². The third-order valence-electron chi connectivity index (χ3n) is 1.86. The molecule has 1 aromatic heterocycles. The molecular weight excluding hydrogens is 223 g/mol. The van der Waals surface area contributed by atoms with Gasteiger partial charge in [-0.15, -0.1) is 5.10 Å². The molecule has 0 fully saturated rings. The van der Waals surface area contributed by atoms with Crippen molar-refractivity contribution in [2.45, 2.75) is 0 Å². The van der Waals surface area contributed by atoms with E-state index in [9.17, 15) is 13.2 Å². The minimum Gasteiger partial charge on any atom is -0.368 e. The van der Waals surface area contributed by atoms with Gasteiger partial charge in [0.05, 0.1) is 5.69 Å². The van der Waals surface area contributed by atoms with Crippen LogP contribution >= 0.6 is 0 Å². The molecule has 0 spiro atoms. The summed E-state index contributed by atoms with van der Waals surface area (Å²) < 4.78 is 39.4. The highest BCUT2D eigenvalue weighted by Gasteiger charge is 2.14. The Hall–Kier alpha value is -2.25. The first kappa shape index (κ1) is 10.3. The van der Waals surface area contributed by atoms with Gasteiger partial charge < -0.3 is 11.5 Å². The third-order valence-corrected chi connectivity index (χ3v) is 1.86. The molecule has 0 atom stereocenters. The first-order valence-electron chi connectivity index (χ1n) is 4.12. The minimum absolute atomic E-state index is 0.0990. The molecule has 5 nitrogen and oxygen atoms in total. The maximum atomic E-state index is 12.9. The summed E-state index contributed by atoms with van der Waals surface area (Å²) in [7, 11) is 0. The molecule has 1 heterocycles. The fraction of sp³-hybridized carbons (Fsp3) is 0. The van der Waals surface area contributed by atoms with Gasteiger partial charge in [-0.3, -0.25) is 0 Å². The Morgan fingerprint density at radius 1 is 1.06 bits per heavy atom. The molecule has 2 aromatic rings. The van der Waals surface area contributed by atoms with E-state index in [1.165, 1.54) is 0 Å². The van der Waals surface area contributed by atoms with E-state index in [0.29, 0.717) is 0 Å². The van der Waals surface area contributed by atoms with Crippen molar-refractivity contribution >= 4 is 11.9 Å². The molecule has 0 radical (unpaired) electrons. The van der Waals surface area contributed by atoms with Crippen LogP contribution in [0.5, 0.6) is 0 Å². The van der Waals surface area contributed by atoms with Crippen molar-refractivity contribution in [3.63, 3.8) is 0 Å². The smallest absolute Gasteiger partial charge is 0.241 e. The molecule has 0 aliphatic rings. The molecule has 0 unspecified atom stereocenters. The van der Waals surface area contributed by atoms with E-state index in [-0.39, 0.29) is 17.6 Å². The predicted octanol–water partition coefficient (Wildman–Crippen LogP) is 0.849. The Morgan fingerprint density at radius 2 is 1.62 bits per heavy atom. The zero-order valence-electron chi connectivity index (χ0n) is 7.78. The van der Waals surface area contributed by atoms with Crippen molar-refractivity contribution in [2.24, 2.45) is 0 Å². The van der Waals surface area contributed by atoms with Gasteiger partial charge in [0.15, 0.2) is 17.5 Å². The van der Waals surface area contributed by atoms with Crippen LogP contribution in [0.3, 0.4) is 0 Å². The van der Waals surface area contributed by atoms with Crippen molar-refractivity contribution in [1.29, 1.82) is 0 Å². The molecular formula is C8H6F3N5. The Labute approximate surface area is 87.5 Å². The average Bonchev–Trinajstić information content (AvgIpc) is 2.53. The van der Waals surface area contributed by atoms with Crippen molar-refractivity contribution < 1.29 is 13.2 Å². The molecule has 0 saturated heterocycles. The van der Waals surface area contributed by atoms with E-state index >= 15 is 0 Å². The van der Waals surface area contributed by atoms with Crippen LogP contribution in [0.15, 0.2) is 12.1 Å². The van der Waals surface area contributed by atoms with Gasteiger partial charge in [0.25, 0.3) is 0 Å². The van der Waals surface area contributed by atoms with Gasteiger partial charge in [-0.1, -0.05) is 0 Å². The van der Waals surface area contributed by atoms with Gasteiger partial charge in [-0.2, -0.15) is 9.67 Å². The van der Waals surface area contributed by atoms with E-state index in [4.69, 9.17) is 11.5 Å². The zero-order valence-corrected chi connectivity index (χ0v) is 7.78. The Morgan fingerprint density at radius 3 is 2.06 bits per heavy atom. The molecule has 0 aliphatic heterocycles. The second kappa shape index (κ2) is 3.40. The second-order valence-corrected chi connectivity index (χ2v) is 2.96. The number of rotatable bonds is 1. The highest BCUT2D eigenvalue weighted by molar-refractivity contribution is 5.41. The molecule has 16 heavy (non-hydrogen) atoms. The fourth-order valence-electron chi connectivity index (χ4n) is 1.20. The summed E-state index contributed by atoms with van der Waals surface area (Å²) in [5, 5.41) is 3.59. The highest BCUT2D eigenvalue weighted by atomic mass is 19.2. The van der Waals surface area contributed by atoms with Crippen LogP contribution in [0.1, 0.15) is 0 Å². The fourth-order valence-corrected chi connectivity index (χ4v) is 1.20. The van der Waals surface area contributed by atoms with Crippen LogP contribution < -0.4 is 11.5 Å². The van der Waals surface area contributed by atoms with Crippen molar-refractivity contribution in [3.05, 3.63) is 29.6 Å². The molecule has 84 valence electrons. The summed E-state index contributed by atoms with van der Waals surface area (Å²) >= 11 is 0. The number of nitrogen functional groups attached to an aromatic ring is 2. The van der Waals surface area contributed by atoms with E-state index in [1.54, 1.807) is 0 Å². The molecule has 1 aromatic carbocycles. The lowest BCUT2D eigenvalue weighted by atomic mass is 10.3. The van der Waals surface area contributed by atoms with Gasteiger partial charge in [-0.05, 0) is 0 Å². The van der Waals surface area contributed by atoms with E-state index in [2.05, 4.69) is 10.1 Å². The molecule has 0 aliphatic carbocycles. The van der Waals surface area contributed by atoms with Gasteiger partial charge in [0.1, 0.15) is 0 Å². The molecule has 0 bridgehead atoms. The number of nitrogens with zero attached hydrogens (tertiary/aromatic N) is 3. The first-order valence-corrected chi connectivity index (χ1v) is 4.12. The van der Waals surface area contributed by atoms with Crippen LogP contribution in [0, 0.1) is 17.5 Å². The zero-order chi connectivity index (χ0) is 11.9. The maximum Gasteiger partial charge on any atom is 0.241 e. The lowest BCUT2D eigenvalue weighted by molar-refractivity contribution is 0.446. The number of benzene rings is 1. The quantitative estimate of drug-likeness (QED) is 0.710. The van der Waals surface area contributed by atoms with Crippen molar-refractivity contribution in [3.8, 4) is 5.69 Å². The van der Waals surface area contributed by atoms with Gasteiger partial charge in [0.2, 0.25) is 11.9 Å². The monoisotopic (exact) mass is 229 g/mol. The van der Waals surface area contributed by atoms with Crippen LogP contribution in [0.2, 0.25) is 0 Å². The van der Waals surface area contributed by atoms with Gasteiger partial charge in [-0.25, -0.2) is 13.2 Å². The third kappa shape index (κ3) is 1.53. The van der Waals surface area contributed by atoms with Crippen molar-refractivity contribution in [2.75, 3.05) is 11.5 Å². The summed E-state index contributed by atoms with van der Waals surface area (Å²) in [5.74, 6) is -4.55. The Kier molecular flexibility index (Phi) is 2.18. The number of nitrogens with two attached hydrogens (primary N) is 2. The molecule has 0 amide bonds. The summed E-state index contributed by atoms with van der Waals surface area (Å²) in [6.07, 6.45) is 0. The van der Waals surface area contributed by atoms with Crippen LogP contribution in [-0.4, -0.2) is 14.8 Å². The Bertz CT molecular complexity index is 528. The Balaban J connectivity index is 2.61. The minimum atomic E-state index is -1.56. The number of aromatic nitrogens is 3.